The fraction of sp³-hybridized carbons (Fsp3) is 0.286. The predicted octanol–water partition coefficient (Wildman–Crippen LogP) is 7.24. The van der Waals surface area contributed by atoms with Crippen molar-refractivity contribution in [3.63, 3.8) is 0 Å². The first kappa shape index (κ1) is 22.5. The van der Waals surface area contributed by atoms with Crippen LogP contribution in [-0.2, 0) is 5.41 Å². The van der Waals surface area contributed by atoms with Gasteiger partial charge < -0.3 is 4.74 Å². The lowest BCUT2D eigenvalue weighted by Crippen LogP contribution is -2.20. The summed E-state index contributed by atoms with van der Waals surface area (Å²) in [5.74, 6) is 1.31. The first-order chi connectivity index (χ1) is 14.4. The molecule has 3 heteroatoms. The van der Waals surface area contributed by atoms with Crippen LogP contribution in [0.25, 0.3) is 0 Å². The zero-order valence-electron chi connectivity index (χ0n) is 19.2. The lowest BCUT2D eigenvalue weighted by atomic mass is 9.85. The van der Waals surface area contributed by atoms with Gasteiger partial charge in [0.15, 0.2) is 11.6 Å². The zero-order valence-corrected chi connectivity index (χ0v) is 19.2. The summed E-state index contributed by atoms with van der Waals surface area (Å²) in [6.45, 7) is 12.1. The maximum Gasteiger partial charge on any atom is 0.193 e. The molecule has 0 saturated carbocycles. The van der Waals surface area contributed by atoms with E-state index in [1.165, 1.54) is 5.56 Å². The van der Waals surface area contributed by atoms with Crippen molar-refractivity contribution < 1.29 is 14.3 Å². The van der Waals surface area contributed by atoms with Gasteiger partial charge in [-0.25, -0.2) is 0 Å². The molecule has 3 rings (SSSR count). The average molecular weight is 415 g/mol. The number of benzene rings is 3. The summed E-state index contributed by atoms with van der Waals surface area (Å²) in [7, 11) is 0. The van der Waals surface area contributed by atoms with Gasteiger partial charge in [0.05, 0.1) is 0 Å². The van der Waals surface area contributed by atoms with Gasteiger partial charge >= 0.3 is 0 Å². The summed E-state index contributed by atoms with van der Waals surface area (Å²) in [5, 5.41) is 0. The molecule has 0 aromatic heterocycles. The third-order valence-electron chi connectivity index (χ3n) is 5.14. The maximum absolute atomic E-state index is 12.9. The summed E-state index contributed by atoms with van der Waals surface area (Å²) in [5.41, 5.74) is 2.45. The molecule has 0 amide bonds. The van der Waals surface area contributed by atoms with Crippen molar-refractivity contribution in [2.45, 2.75) is 47.0 Å². The smallest absolute Gasteiger partial charge is 0.193 e. The van der Waals surface area contributed by atoms with Gasteiger partial charge in [0, 0.05) is 22.1 Å². The van der Waals surface area contributed by atoms with Gasteiger partial charge in [-0.2, -0.15) is 0 Å². The Balaban J connectivity index is 1.74. The van der Waals surface area contributed by atoms with Gasteiger partial charge in [0.25, 0.3) is 0 Å². The third kappa shape index (κ3) is 5.49. The molecule has 0 heterocycles. The number of hydrogen-bond acceptors (Lipinski definition) is 3. The molecule has 0 fully saturated rings. The van der Waals surface area contributed by atoms with Crippen LogP contribution < -0.4 is 4.74 Å². The number of ketones is 2. The zero-order chi connectivity index (χ0) is 22.8. The molecule has 0 aliphatic carbocycles. The Bertz CT molecular complexity index is 1080. The molecule has 31 heavy (non-hydrogen) atoms. The molecule has 3 aromatic rings. The minimum absolute atomic E-state index is 0.0170. The van der Waals surface area contributed by atoms with Gasteiger partial charge in [0.2, 0.25) is 0 Å². The van der Waals surface area contributed by atoms with Gasteiger partial charge in [-0.05, 0) is 53.4 Å². The quantitative estimate of drug-likeness (QED) is 0.413. The Hall–Kier alpha value is -3.20. The summed E-state index contributed by atoms with van der Waals surface area (Å²) < 4.78 is 5.92. The van der Waals surface area contributed by atoms with Crippen molar-refractivity contribution in [3.05, 3.63) is 95.1 Å². The minimum atomic E-state index is -0.494. The molecule has 160 valence electrons. The molecule has 0 saturated heterocycles. The Kier molecular flexibility index (Phi) is 6.17. The first-order valence-electron chi connectivity index (χ1n) is 10.5. The number of hydrogen-bond donors (Lipinski definition) is 0. The van der Waals surface area contributed by atoms with E-state index < -0.39 is 5.41 Å². The number of carbonyl (C=O) groups excluding carboxylic acids is 2. The molecule has 0 bridgehead atoms. The van der Waals surface area contributed by atoms with E-state index in [2.05, 4.69) is 32.9 Å². The number of carbonyl (C=O) groups is 2. The van der Waals surface area contributed by atoms with E-state index >= 15 is 0 Å². The van der Waals surface area contributed by atoms with E-state index in [9.17, 15) is 9.59 Å². The normalized spacial score (nSPS) is 11.8. The van der Waals surface area contributed by atoms with Crippen molar-refractivity contribution in [1.82, 2.24) is 0 Å². The summed E-state index contributed by atoms with van der Waals surface area (Å²) >= 11 is 0. The second kappa shape index (κ2) is 8.50. The van der Waals surface area contributed by atoms with Crippen LogP contribution in [0.4, 0.5) is 0 Å². The molecule has 0 atom stereocenters. The Morgan fingerprint density at radius 3 is 1.68 bits per heavy atom. The van der Waals surface area contributed by atoms with Gasteiger partial charge in [0.1, 0.15) is 11.5 Å². The molecule has 3 aromatic carbocycles. The highest BCUT2D eigenvalue weighted by Gasteiger charge is 2.23. The number of ether oxygens (including phenoxy) is 1. The lowest BCUT2D eigenvalue weighted by Gasteiger charge is -2.19. The summed E-state index contributed by atoms with van der Waals surface area (Å²) in [6.07, 6.45) is 0. The Morgan fingerprint density at radius 2 is 1.16 bits per heavy atom. The van der Waals surface area contributed by atoms with Gasteiger partial charge in [-0.3, -0.25) is 9.59 Å². The molecule has 0 radical (unpaired) electrons. The van der Waals surface area contributed by atoms with Crippen molar-refractivity contribution in [3.8, 4) is 11.5 Å². The molecular formula is C28H30O3. The van der Waals surface area contributed by atoms with Crippen LogP contribution in [0.3, 0.4) is 0 Å². The van der Waals surface area contributed by atoms with E-state index in [0.29, 0.717) is 22.4 Å². The summed E-state index contributed by atoms with van der Waals surface area (Å²) in [6, 6.07) is 22.0. The first-order valence-corrected chi connectivity index (χ1v) is 10.5. The van der Waals surface area contributed by atoms with E-state index in [1.807, 2.05) is 32.9 Å². The maximum atomic E-state index is 12.9. The highest BCUT2D eigenvalue weighted by molar-refractivity contribution is 6.10. The van der Waals surface area contributed by atoms with E-state index in [4.69, 9.17) is 4.74 Å². The summed E-state index contributed by atoms with van der Waals surface area (Å²) in [4.78, 5) is 25.5. The van der Waals surface area contributed by atoms with Crippen LogP contribution in [0.15, 0.2) is 72.8 Å². The molecule has 0 N–H and O–H groups in total. The van der Waals surface area contributed by atoms with Crippen LogP contribution in [0, 0.1) is 5.41 Å². The number of rotatable bonds is 5. The SMILES string of the molecule is CC(C)(C)C(=O)c1cccc(C(=O)c2ccc(Oc3ccc(C(C)(C)C)cc3)cc2)c1. The second-order valence-corrected chi connectivity index (χ2v) is 9.89. The van der Waals surface area contributed by atoms with Crippen molar-refractivity contribution in [1.29, 1.82) is 0 Å². The highest BCUT2D eigenvalue weighted by atomic mass is 16.5. The highest BCUT2D eigenvalue weighted by Crippen LogP contribution is 2.27. The van der Waals surface area contributed by atoms with E-state index in [1.54, 1.807) is 48.5 Å². The molecule has 0 aliphatic rings. The van der Waals surface area contributed by atoms with Crippen LogP contribution >= 0.6 is 0 Å². The van der Waals surface area contributed by atoms with E-state index in [0.717, 1.165) is 5.75 Å². The van der Waals surface area contributed by atoms with Crippen LogP contribution in [0.1, 0.15) is 73.4 Å². The topological polar surface area (TPSA) is 43.4 Å². The fourth-order valence-corrected chi connectivity index (χ4v) is 3.23. The molecule has 0 aliphatic heterocycles. The standard InChI is InChI=1S/C28H30O3/c1-27(2,3)22-12-16-24(17-13-22)31-23-14-10-19(11-15-23)25(29)20-8-7-9-21(18-20)26(30)28(4,5)6/h7-18H,1-6H3. The van der Waals surface area contributed by atoms with Gasteiger partial charge in [-0.1, -0.05) is 71.9 Å². The second-order valence-electron chi connectivity index (χ2n) is 9.89. The average Bonchev–Trinajstić information content (AvgIpc) is 2.72. The van der Waals surface area contributed by atoms with Crippen LogP contribution in [-0.4, -0.2) is 11.6 Å². The number of Topliss-reactive ketones (excluding diaryl/α,β-unsaturated/α-hetero) is 1. The predicted molar refractivity (Wildman–Crippen MR) is 125 cm³/mol. The fourth-order valence-electron chi connectivity index (χ4n) is 3.23. The lowest BCUT2D eigenvalue weighted by molar-refractivity contribution is 0.0858. The molecular weight excluding hydrogens is 384 g/mol. The van der Waals surface area contributed by atoms with Crippen molar-refractivity contribution >= 4 is 11.6 Å². The molecule has 0 spiro atoms. The third-order valence-corrected chi connectivity index (χ3v) is 5.14. The largest absolute Gasteiger partial charge is 0.457 e. The Labute approximate surface area is 185 Å². The van der Waals surface area contributed by atoms with Crippen LogP contribution in [0.5, 0.6) is 11.5 Å². The van der Waals surface area contributed by atoms with Gasteiger partial charge in [-0.15, -0.1) is 0 Å². The monoisotopic (exact) mass is 414 g/mol. The van der Waals surface area contributed by atoms with Crippen molar-refractivity contribution in [2.24, 2.45) is 5.41 Å². The Morgan fingerprint density at radius 1 is 0.645 bits per heavy atom. The minimum Gasteiger partial charge on any atom is -0.457 e. The van der Waals surface area contributed by atoms with Crippen LogP contribution in [0.2, 0.25) is 0 Å². The van der Waals surface area contributed by atoms with Crippen molar-refractivity contribution in [2.75, 3.05) is 0 Å². The molecule has 0 unspecified atom stereocenters. The van der Waals surface area contributed by atoms with E-state index in [-0.39, 0.29) is 17.0 Å². The molecule has 3 nitrogen and oxygen atoms in total.